The van der Waals surface area contributed by atoms with Gasteiger partial charge in [-0.3, -0.25) is 9.69 Å². The van der Waals surface area contributed by atoms with Crippen molar-refractivity contribution in [1.82, 2.24) is 4.90 Å². The number of nitrogens with zero attached hydrogens (tertiary/aromatic N) is 1. The van der Waals surface area contributed by atoms with Crippen LogP contribution in [0.1, 0.15) is 35.1 Å². The molecule has 2 aliphatic rings. The first-order valence-corrected chi connectivity index (χ1v) is 9.37. The van der Waals surface area contributed by atoms with Crippen LogP contribution in [0, 0.1) is 13.8 Å². The Morgan fingerprint density at radius 2 is 1.62 bits per heavy atom. The minimum Gasteiger partial charge on any atom is -0.292 e. The summed E-state index contributed by atoms with van der Waals surface area (Å²) in [5.74, 6) is 0.223. The third-order valence-corrected chi connectivity index (χ3v) is 5.80. The number of hydrogen-bond acceptors (Lipinski definition) is 2. The molecule has 0 N–H and O–H groups in total. The number of piperidine rings is 1. The predicted octanol–water partition coefficient (Wildman–Crippen LogP) is 4.82. The van der Waals surface area contributed by atoms with E-state index in [4.69, 9.17) is 0 Å². The van der Waals surface area contributed by atoms with Crippen LogP contribution >= 0.6 is 0 Å². The van der Waals surface area contributed by atoms with Crippen molar-refractivity contribution in [3.05, 3.63) is 81.9 Å². The van der Waals surface area contributed by atoms with Crippen LogP contribution in [-0.2, 0) is 4.79 Å². The van der Waals surface area contributed by atoms with Gasteiger partial charge in [0.1, 0.15) is 0 Å². The highest BCUT2D eigenvalue weighted by Crippen LogP contribution is 2.40. The van der Waals surface area contributed by atoms with Crippen LogP contribution in [0.4, 0.5) is 0 Å². The summed E-state index contributed by atoms with van der Waals surface area (Å²) in [6.07, 6.45) is 6.32. The van der Waals surface area contributed by atoms with Crippen molar-refractivity contribution in [1.29, 1.82) is 0 Å². The second-order valence-electron chi connectivity index (χ2n) is 7.57. The van der Waals surface area contributed by atoms with Crippen LogP contribution in [0.25, 0.3) is 12.2 Å². The number of Topliss-reactive ketones (excluding diaryl/α,β-unsaturated/α-hetero) is 1. The summed E-state index contributed by atoms with van der Waals surface area (Å²) < 4.78 is 0. The Labute approximate surface area is 155 Å². The molecule has 132 valence electrons. The molecule has 0 aliphatic carbocycles. The van der Waals surface area contributed by atoms with Crippen LogP contribution in [0.15, 0.2) is 59.7 Å². The normalized spacial score (nSPS) is 26.0. The molecule has 2 heterocycles. The highest BCUT2D eigenvalue weighted by atomic mass is 16.1. The minimum absolute atomic E-state index is 0.223. The molecule has 2 atom stereocenters. The first-order chi connectivity index (χ1) is 12.5. The van der Waals surface area contributed by atoms with Gasteiger partial charge < -0.3 is 0 Å². The van der Waals surface area contributed by atoms with Gasteiger partial charge in [0.15, 0.2) is 5.78 Å². The molecule has 2 bridgehead atoms. The van der Waals surface area contributed by atoms with Gasteiger partial charge in [-0.05, 0) is 62.6 Å². The molecule has 2 nitrogen and oxygen atoms in total. The number of aryl methyl sites for hydroxylation is 2. The smallest absolute Gasteiger partial charge is 0.188 e. The van der Waals surface area contributed by atoms with Gasteiger partial charge in [0.05, 0.1) is 0 Å². The van der Waals surface area contributed by atoms with Crippen molar-refractivity contribution in [2.24, 2.45) is 0 Å². The molecule has 0 aromatic heterocycles. The van der Waals surface area contributed by atoms with E-state index in [1.807, 2.05) is 12.1 Å². The topological polar surface area (TPSA) is 20.3 Å². The van der Waals surface area contributed by atoms with Gasteiger partial charge in [-0.25, -0.2) is 0 Å². The Morgan fingerprint density at radius 3 is 2.31 bits per heavy atom. The van der Waals surface area contributed by atoms with E-state index in [9.17, 15) is 4.79 Å². The molecular formula is C24H25NO. The summed E-state index contributed by atoms with van der Waals surface area (Å²) in [5.41, 5.74) is 6.56. The Balaban J connectivity index is 1.80. The van der Waals surface area contributed by atoms with E-state index in [2.05, 4.69) is 74.3 Å². The van der Waals surface area contributed by atoms with Crippen LogP contribution in [0.5, 0.6) is 0 Å². The number of benzene rings is 2. The molecule has 0 unspecified atom stereocenters. The summed E-state index contributed by atoms with van der Waals surface area (Å²) in [6.45, 7) is 4.19. The molecule has 2 fully saturated rings. The van der Waals surface area contributed by atoms with Gasteiger partial charge in [-0.2, -0.15) is 0 Å². The molecule has 0 saturated carbocycles. The third-order valence-electron chi connectivity index (χ3n) is 5.80. The Hall–Kier alpha value is -2.45. The lowest BCUT2D eigenvalue weighted by Gasteiger charge is -2.34. The molecule has 2 aliphatic heterocycles. The first-order valence-electron chi connectivity index (χ1n) is 9.37. The first kappa shape index (κ1) is 17.0. The van der Waals surface area contributed by atoms with Crippen molar-refractivity contribution < 1.29 is 4.79 Å². The van der Waals surface area contributed by atoms with E-state index in [-0.39, 0.29) is 17.9 Å². The summed E-state index contributed by atoms with van der Waals surface area (Å²) in [4.78, 5) is 15.8. The molecule has 26 heavy (non-hydrogen) atoms. The predicted molar refractivity (Wildman–Crippen MR) is 108 cm³/mol. The summed E-state index contributed by atoms with van der Waals surface area (Å²) in [6, 6.07) is 17.1. The van der Waals surface area contributed by atoms with Crippen molar-refractivity contribution >= 4 is 17.9 Å². The zero-order valence-corrected chi connectivity index (χ0v) is 15.7. The molecule has 2 aromatic carbocycles. The third kappa shape index (κ3) is 2.95. The van der Waals surface area contributed by atoms with Gasteiger partial charge in [0, 0.05) is 23.2 Å². The quantitative estimate of drug-likeness (QED) is 0.729. The highest BCUT2D eigenvalue weighted by Gasteiger charge is 2.44. The number of carbonyl (C=O) groups is 1. The number of carbonyl (C=O) groups excluding carboxylic acids is 1. The van der Waals surface area contributed by atoms with Gasteiger partial charge >= 0.3 is 0 Å². The molecule has 0 amide bonds. The Morgan fingerprint density at radius 1 is 0.923 bits per heavy atom. The largest absolute Gasteiger partial charge is 0.292 e. The lowest BCUT2D eigenvalue weighted by atomic mass is 9.88. The van der Waals surface area contributed by atoms with Crippen molar-refractivity contribution in [2.75, 3.05) is 7.05 Å². The number of fused-ring (bicyclic) bond motifs is 2. The zero-order chi connectivity index (χ0) is 18.3. The molecule has 2 heteroatoms. The van der Waals surface area contributed by atoms with Gasteiger partial charge in [-0.15, -0.1) is 0 Å². The fourth-order valence-corrected chi connectivity index (χ4v) is 4.34. The standard InChI is InChI=1S/C24H25NO/c1-16-7-6-9-18(13-16)14-20-22-11-12-23(25(22)3)21(24(20)26)15-19-10-5-4-8-17(19)2/h4-10,13-15,22-23H,11-12H2,1-3H3/b20-14+,21-15-/t22-,23-/m1/s1. The van der Waals surface area contributed by atoms with E-state index in [1.54, 1.807) is 0 Å². The average Bonchev–Trinajstić information content (AvgIpc) is 2.93. The van der Waals surface area contributed by atoms with E-state index >= 15 is 0 Å². The van der Waals surface area contributed by atoms with Crippen molar-refractivity contribution in [3.8, 4) is 0 Å². The van der Waals surface area contributed by atoms with Crippen LogP contribution in [0.2, 0.25) is 0 Å². The average molecular weight is 343 g/mol. The minimum atomic E-state index is 0.223. The number of likely N-dealkylation sites (N-methyl/N-ethyl adjacent to an activating group) is 1. The maximum atomic E-state index is 13.4. The highest BCUT2D eigenvalue weighted by molar-refractivity contribution is 6.16. The number of ketones is 1. The zero-order valence-electron chi connectivity index (χ0n) is 15.7. The van der Waals surface area contributed by atoms with Crippen molar-refractivity contribution in [3.63, 3.8) is 0 Å². The monoisotopic (exact) mass is 343 g/mol. The van der Waals surface area contributed by atoms with Gasteiger partial charge in [0.2, 0.25) is 0 Å². The lowest BCUT2D eigenvalue weighted by molar-refractivity contribution is -0.114. The van der Waals surface area contributed by atoms with E-state index in [0.29, 0.717) is 0 Å². The lowest BCUT2D eigenvalue weighted by Crippen LogP contribution is -2.43. The Kier molecular flexibility index (Phi) is 4.37. The molecule has 2 saturated heterocycles. The maximum absolute atomic E-state index is 13.4. The number of hydrogen-bond donors (Lipinski definition) is 0. The second-order valence-corrected chi connectivity index (χ2v) is 7.57. The van der Waals surface area contributed by atoms with Gasteiger partial charge in [0.25, 0.3) is 0 Å². The SMILES string of the molecule is Cc1cccc(/C=C2/C(=O)/C(=C\c3ccccc3C)[C@H]3CC[C@H]2N3C)c1. The summed E-state index contributed by atoms with van der Waals surface area (Å²) in [7, 11) is 2.16. The fourth-order valence-electron chi connectivity index (χ4n) is 4.34. The molecule has 2 aromatic rings. The van der Waals surface area contributed by atoms with E-state index in [0.717, 1.165) is 35.1 Å². The molecule has 0 radical (unpaired) electrons. The molecule has 4 rings (SSSR count). The van der Waals surface area contributed by atoms with E-state index in [1.165, 1.54) is 11.1 Å². The number of rotatable bonds is 2. The van der Waals surface area contributed by atoms with Gasteiger partial charge in [-0.1, -0.05) is 54.1 Å². The second kappa shape index (κ2) is 6.69. The summed E-state index contributed by atoms with van der Waals surface area (Å²) in [5, 5.41) is 0. The van der Waals surface area contributed by atoms with Crippen LogP contribution < -0.4 is 0 Å². The van der Waals surface area contributed by atoms with Crippen LogP contribution in [-0.4, -0.2) is 29.8 Å². The van der Waals surface area contributed by atoms with E-state index < -0.39 is 0 Å². The fraction of sp³-hybridized carbons (Fsp3) is 0.292. The summed E-state index contributed by atoms with van der Waals surface area (Å²) >= 11 is 0. The molecular weight excluding hydrogens is 318 g/mol. The molecule has 0 spiro atoms. The maximum Gasteiger partial charge on any atom is 0.188 e. The Bertz CT molecular complexity index is 921. The van der Waals surface area contributed by atoms with Crippen molar-refractivity contribution in [2.45, 2.75) is 38.8 Å². The van der Waals surface area contributed by atoms with Crippen LogP contribution in [0.3, 0.4) is 0 Å².